The van der Waals surface area contributed by atoms with E-state index in [0.717, 1.165) is 11.8 Å². The zero-order chi connectivity index (χ0) is 13.3. The molecule has 0 aliphatic carbocycles. The molecule has 1 aromatic rings. The molecule has 1 saturated heterocycles. The van der Waals surface area contributed by atoms with Gasteiger partial charge in [0.1, 0.15) is 9.22 Å². The predicted molar refractivity (Wildman–Crippen MR) is 72.6 cm³/mol. The van der Waals surface area contributed by atoms with Crippen LogP contribution < -0.4 is 34.9 Å². The van der Waals surface area contributed by atoms with Crippen molar-refractivity contribution >= 4 is 50.4 Å². The largest absolute Gasteiger partial charge is 1.00 e. The maximum absolute atomic E-state index is 11.5. The van der Waals surface area contributed by atoms with E-state index in [-0.39, 0.29) is 50.8 Å². The molecular weight excluding hydrogens is 317 g/mol. The first-order valence-corrected chi connectivity index (χ1v) is 7.36. The summed E-state index contributed by atoms with van der Waals surface area (Å²) >= 11 is 5.86. The number of carbonyl (C=O) groups is 1. The van der Waals surface area contributed by atoms with Crippen LogP contribution in [0.4, 0.5) is 0 Å². The third-order valence-electron chi connectivity index (χ3n) is 2.13. The standard InChI is InChI=1S/C10H7NO4S3.Na/c12-9-7(17-10(16)11-9)5-6-3-1-2-4-8(6)18(13,14)15;/h1-5H,(H,11,12,16)(H,13,14,15);/q;+1/b7-5-;. The molecule has 94 valence electrons. The SMILES string of the molecule is O=C1NC(=S)S/C1=C\c1ccccc1S(=O)(=O)O.[Na+]. The Morgan fingerprint density at radius 3 is 2.47 bits per heavy atom. The Labute approximate surface area is 141 Å². The average molecular weight is 324 g/mol. The van der Waals surface area contributed by atoms with Gasteiger partial charge < -0.3 is 5.32 Å². The van der Waals surface area contributed by atoms with Crippen LogP contribution in [0.15, 0.2) is 34.1 Å². The minimum atomic E-state index is -4.32. The van der Waals surface area contributed by atoms with E-state index in [1.54, 1.807) is 6.07 Å². The van der Waals surface area contributed by atoms with Crippen molar-refractivity contribution in [2.24, 2.45) is 0 Å². The molecular formula is C10H7NNaO4S3+. The van der Waals surface area contributed by atoms with Crippen molar-refractivity contribution in [1.82, 2.24) is 5.32 Å². The maximum atomic E-state index is 11.5. The quantitative estimate of drug-likeness (QED) is 0.296. The number of thiocarbonyl (C=S) groups is 1. The van der Waals surface area contributed by atoms with Gasteiger partial charge in [0.15, 0.2) is 0 Å². The van der Waals surface area contributed by atoms with Gasteiger partial charge in [-0.3, -0.25) is 9.35 Å². The molecule has 1 aliphatic heterocycles. The van der Waals surface area contributed by atoms with Crippen LogP contribution >= 0.6 is 24.0 Å². The molecule has 1 aliphatic rings. The molecule has 1 heterocycles. The van der Waals surface area contributed by atoms with Gasteiger partial charge in [0, 0.05) is 0 Å². The molecule has 1 fully saturated rings. The fourth-order valence-electron chi connectivity index (χ4n) is 1.40. The van der Waals surface area contributed by atoms with E-state index in [1.807, 2.05) is 0 Å². The van der Waals surface area contributed by atoms with Crippen molar-refractivity contribution in [2.45, 2.75) is 4.90 Å². The van der Waals surface area contributed by atoms with Gasteiger partial charge in [-0.2, -0.15) is 8.42 Å². The van der Waals surface area contributed by atoms with Gasteiger partial charge in [-0.05, 0) is 17.7 Å². The van der Waals surface area contributed by atoms with Gasteiger partial charge in [-0.25, -0.2) is 0 Å². The maximum Gasteiger partial charge on any atom is 1.00 e. The second-order valence-electron chi connectivity index (χ2n) is 3.37. The fraction of sp³-hybridized carbons (Fsp3) is 0. The molecule has 9 heteroatoms. The number of nitrogens with one attached hydrogen (secondary N) is 1. The van der Waals surface area contributed by atoms with E-state index in [2.05, 4.69) is 5.32 Å². The summed E-state index contributed by atoms with van der Waals surface area (Å²) in [7, 11) is -4.32. The number of amides is 1. The monoisotopic (exact) mass is 324 g/mol. The Hall–Kier alpha value is -0.220. The van der Waals surface area contributed by atoms with Gasteiger partial charge in [0.2, 0.25) is 0 Å². The summed E-state index contributed by atoms with van der Waals surface area (Å²) in [6, 6.07) is 5.84. The molecule has 19 heavy (non-hydrogen) atoms. The second-order valence-corrected chi connectivity index (χ2v) is 6.47. The Balaban J connectivity index is 0.00000180. The van der Waals surface area contributed by atoms with Crippen LogP contribution in [-0.4, -0.2) is 23.2 Å². The molecule has 0 bridgehead atoms. The van der Waals surface area contributed by atoms with E-state index in [0.29, 0.717) is 4.32 Å². The molecule has 2 N–H and O–H groups in total. The molecule has 0 radical (unpaired) electrons. The first-order valence-electron chi connectivity index (χ1n) is 4.69. The number of hydrogen-bond donors (Lipinski definition) is 2. The molecule has 0 saturated carbocycles. The summed E-state index contributed by atoms with van der Waals surface area (Å²) in [5.74, 6) is -0.379. The number of carbonyl (C=O) groups excluding carboxylic acids is 1. The van der Waals surface area contributed by atoms with Crippen molar-refractivity contribution in [3.05, 3.63) is 34.7 Å². The van der Waals surface area contributed by atoms with Crippen LogP contribution in [0.3, 0.4) is 0 Å². The summed E-state index contributed by atoms with van der Waals surface area (Å²) in [6.45, 7) is 0. The molecule has 1 amide bonds. The summed E-state index contributed by atoms with van der Waals surface area (Å²) in [5.41, 5.74) is 0.238. The average Bonchev–Trinajstić information content (AvgIpc) is 2.57. The van der Waals surface area contributed by atoms with Crippen LogP contribution in [0.1, 0.15) is 5.56 Å². The first kappa shape index (κ1) is 16.8. The van der Waals surface area contributed by atoms with Gasteiger partial charge in [0.25, 0.3) is 16.0 Å². The molecule has 0 aromatic heterocycles. The zero-order valence-electron chi connectivity index (χ0n) is 9.78. The normalized spacial score (nSPS) is 17.2. The summed E-state index contributed by atoms with van der Waals surface area (Å²) in [5, 5.41) is 2.42. The molecule has 1 aromatic carbocycles. The van der Waals surface area contributed by atoms with Crippen LogP contribution in [0.2, 0.25) is 0 Å². The van der Waals surface area contributed by atoms with Crippen LogP contribution in [0.25, 0.3) is 6.08 Å². The smallest absolute Gasteiger partial charge is 0.307 e. The minimum Gasteiger partial charge on any atom is -0.307 e. The number of thioether (sulfide) groups is 1. The minimum absolute atomic E-state index is 0. The van der Waals surface area contributed by atoms with Crippen molar-refractivity contribution < 1.29 is 47.3 Å². The molecule has 2 rings (SSSR count). The third-order valence-corrected chi connectivity index (χ3v) is 4.22. The van der Waals surface area contributed by atoms with Crippen LogP contribution in [-0.2, 0) is 14.9 Å². The molecule has 0 unspecified atom stereocenters. The van der Waals surface area contributed by atoms with Gasteiger partial charge in [-0.1, -0.05) is 42.2 Å². The van der Waals surface area contributed by atoms with Gasteiger partial charge in [0.05, 0.1) is 4.91 Å². The third kappa shape index (κ3) is 4.12. The number of hydrogen-bond acceptors (Lipinski definition) is 5. The van der Waals surface area contributed by atoms with E-state index in [4.69, 9.17) is 16.8 Å². The number of benzene rings is 1. The van der Waals surface area contributed by atoms with Crippen molar-refractivity contribution in [3.8, 4) is 0 Å². The topological polar surface area (TPSA) is 83.5 Å². The fourth-order valence-corrected chi connectivity index (χ4v) is 3.11. The van der Waals surface area contributed by atoms with Crippen molar-refractivity contribution in [1.29, 1.82) is 0 Å². The number of rotatable bonds is 2. The predicted octanol–water partition coefficient (Wildman–Crippen LogP) is -1.57. The van der Waals surface area contributed by atoms with Crippen LogP contribution in [0.5, 0.6) is 0 Å². The molecule has 0 atom stereocenters. The zero-order valence-corrected chi connectivity index (χ0v) is 14.2. The Kier molecular flexibility index (Phi) is 5.75. The van der Waals surface area contributed by atoms with Gasteiger partial charge >= 0.3 is 29.6 Å². The summed E-state index contributed by atoms with van der Waals surface area (Å²) in [4.78, 5) is 11.5. The van der Waals surface area contributed by atoms with E-state index in [1.165, 1.54) is 24.3 Å². The van der Waals surface area contributed by atoms with E-state index >= 15 is 0 Å². The van der Waals surface area contributed by atoms with Crippen molar-refractivity contribution in [3.63, 3.8) is 0 Å². The van der Waals surface area contributed by atoms with Gasteiger partial charge in [-0.15, -0.1) is 0 Å². The summed E-state index contributed by atoms with van der Waals surface area (Å²) < 4.78 is 31.7. The Morgan fingerprint density at radius 1 is 1.32 bits per heavy atom. The van der Waals surface area contributed by atoms with E-state index in [9.17, 15) is 13.2 Å². The second kappa shape index (κ2) is 6.49. The van der Waals surface area contributed by atoms with E-state index < -0.39 is 10.1 Å². The Morgan fingerprint density at radius 2 is 1.95 bits per heavy atom. The molecule has 0 spiro atoms. The summed E-state index contributed by atoms with van der Waals surface area (Å²) in [6.07, 6.45) is 1.38. The molecule has 5 nitrogen and oxygen atoms in total. The van der Waals surface area contributed by atoms with Crippen molar-refractivity contribution in [2.75, 3.05) is 0 Å². The Bertz CT molecular complexity index is 669. The van der Waals surface area contributed by atoms with Crippen LogP contribution in [0, 0.1) is 0 Å². The first-order chi connectivity index (χ1) is 8.38.